The van der Waals surface area contributed by atoms with Gasteiger partial charge in [0.15, 0.2) is 0 Å². The van der Waals surface area contributed by atoms with E-state index in [2.05, 4.69) is 28.1 Å². The van der Waals surface area contributed by atoms with E-state index in [1.807, 2.05) is 38.5 Å². The summed E-state index contributed by atoms with van der Waals surface area (Å²) in [4.78, 5) is 6.59. The largest absolute Gasteiger partial charge is 0.388 e. The Hall–Kier alpha value is -1.87. The van der Waals surface area contributed by atoms with Crippen LogP contribution < -0.4 is 4.90 Å². The van der Waals surface area contributed by atoms with Gasteiger partial charge in [0, 0.05) is 37.6 Å². The molecule has 2 atom stereocenters. The van der Waals surface area contributed by atoms with Gasteiger partial charge in [-0.15, -0.1) is 0 Å². The minimum atomic E-state index is -0.477. The van der Waals surface area contributed by atoms with E-state index in [1.165, 1.54) is 5.56 Å². The topological polar surface area (TPSA) is 36.4 Å². The van der Waals surface area contributed by atoms with Crippen molar-refractivity contribution in [3.8, 4) is 0 Å². The molecular weight excluding hydrogens is 260 g/mol. The molecule has 21 heavy (non-hydrogen) atoms. The molecule has 0 saturated heterocycles. The Morgan fingerprint density at radius 3 is 2.67 bits per heavy atom. The van der Waals surface area contributed by atoms with Crippen LogP contribution in [-0.4, -0.2) is 24.2 Å². The summed E-state index contributed by atoms with van der Waals surface area (Å²) in [5.74, 6) is 0.111. The summed E-state index contributed by atoms with van der Waals surface area (Å²) in [7, 11) is 4.04. The second-order valence-corrected chi connectivity index (χ2v) is 5.98. The van der Waals surface area contributed by atoms with Gasteiger partial charge in [-0.05, 0) is 48.6 Å². The fourth-order valence-electron chi connectivity index (χ4n) is 3.15. The number of nitrogens with zero attached hydrogens (tertiary/aromatic N) is 2. The van der Waals surface area contributed by atoms with E-state index >= 15 is 0 Å². The average molecular weight is 282 g/mol. The maximum atomic E-state index is 10.8. The van der Waals surface area contributed by atoms with E-state index in [9.17, 15) is 5.11 Å². The summed E-state index contributed by atoms with van der Waals surface area (Å²) in [6, 6.07) is 12.3. The van der Waals surface area contributed by atoms with Crippen molar-refractivity contribution in [2.24, 2.45) is 0 Å². The lowest BCUT2D eigenvalue weighted by Gasteiger charge is -2.28. The maximum absolute atomic E-state index is 10.8. The van der Waals surface area contributed by atoms with Crippen LogP contribution in [0.15, 0.2) is 42.6 Å². The van der Waals surface area contributed by atoms with E-state index in [1.54, 1.807) is 0 Å². The number of aromatic nitrogens is 1. The van der Waals surface area contributed by atoms with Crippen molar-refractivity contribution in [3.05, 3.63) is 59.4 Å². The van der Waals surface area contributed by atoms with Gasteiger partial charge >= 0.3 is 0 Å². The fraction of sp³-hybridized carbons (Fsp3) is 0.389. The molecule has 1 aromatic heterocycles. The Kier molecular flexibility index (Phi) is 3.93. The number of aliphatic hydroxyl groups is 1. The quantitative estimate of drug-likeness (QED) is 0.938. The molecule has 3 nitrogen and oxygen atoms in total. The molecule has 3 heteroatoms. The highest BCUT2D eigenvalue weighted by Crippen LogP contribution is 2.39. The van der Waals surface area contributed by atoms with Crippen molar-refractivity contribution in [1.29, 1.82) is 0 Å². The normalized spacial score (nSPS) is 18.9. The monoisotopic (exact) mass is 282 g/mol. The first kappa shape index (κ1) is 14.1. The van der Waals surface area contributed by atoms with E-state index in [-0.39, 0.29) is 5.92 Å². The lowest BCUT2D eigenvalue weighted by Crippen LogP contribution is -2.18. The van der Waals surface area contributed by atoms with E-state index in [0.29, 0.717) is 0 Å². The summed E-state index contributed by atoms with van der Waals surface area (Å²) in [5.41, 5.74) is 4.49. The van der Waals surface area contributed by atoms with Gasteiger partial charge in [-0.1, -0.05) is 18.2 Å². The number of anilines is 1. The number of hydrogen-bond acceptors (Lipinski definition) is 3. The summed E-state index contributed by atoms with van der Waals surface area (Å²) < 4.78 is 0. The lowest BCUT2D eigenvalue weighted by molar-refractivity contribution is 0.134. The number of hydrogen-bond donors (Lipinski definition) is 1. The molecule has 0 spiro atoms. The number of rotatable bonds is 3. The fourth-order valence-corrected chi connectivity index (χ4v) is 3.15. The van der Waals surface area contributed by atoms with E-state index < -0.39 is 6.10 Å². The van der Waals surface area contributed by atoms with Crippen LogP contribution in [0.2, 0.25) is 0 Å². The van der Waals surface area contributed by atoms with Gasteiger partial charge in [0.2, 0.25) is 0 Å². The molecule has 1 aromatic carbocycles. The van der Waals surface area contributed by atoms with E-state index in [0.717, 1.165) is 36.2 Å². The standard InChI is InChI=1S/C18H22N2O/c1-20(2)15-10-8-14(9-11-15)18(21)16-7-3-5-13-6-4-12-19-17(13)16/h4,6,8-12,16,18,21H,3,5,7H2,1-2H3. The molecule has 0 aliphatic heterocycles. The van der Waals surface area contributed by atoms with Crippen LogP contribution in [0.25, 0.3) is 0 Å². The first-order valence-electron chi connectivity index (χ1n) is 7.56. The molecule has 110 valence electrons. The van der Waals surface area contributed by atoms with Crippen molar-refractivity contribution >= 4 is 5.69 Å². The van der Waals surface area contributed by atoms with Gasteiger partial charge in [-0.25, -0.2) is 0 Å². The first-order chi connectivity index (χ1) is 10.2. The summed E-state index contributed by atoms with van der Waals surface area (Å²) in [6.07, 6.45) is 4.55. The Morgan fingerprint density at radius 2 is 1.95 bits per heavy atom. The van der Waals surface area contributed by atoms with Crippen molar-refractivity contribution < 1.29 is 5.11 Å². The van der Waals surface area contributed by atoms with Crippen molar-refractivity contribution in [2.75, 3.05) is 19.0 Å². The van der Waals surface area contributed by atoms with Crippen LogP contribution >= 0.6 is 0 Å². The van der Waals surface area contributed by atoms with Gasteiger partial charge in [0.1, 0.15) is 0 Å². The zero-order valence-electron chi connectivity index (χ0n) is 12.7. The van der Waals surface area contributed by atoms with Crippen LogP contribution in [0.4, 0.5) is 5.69 Å². The molecule has 0 radical (unpaired) electrons. The van der Waals surface area contributed by atoms with Gasteiger partial charge < -0.3 is 10.0 Å². The van der Waals surface area contributed by atoms with Crippen LogP contribution in [-0.2, 0) is 6.42 Å². The summed E-state index contributed by atoms with van der Waals surface area (Å²) in [6.45, 7) is 0. The molecule has 1 aliphatic rings. The highest BCUT2D eigenvalue weighted by atomic mass is 16.3. The van der Waals surface area contributed by atoms with Crippen molar-refractivity contribution in [1.82, 2.24) is 4.98 Å². The molecule has 0 bridgehead atoms. The molecule has 1 heterocycles. The third kappa shape index (κ3) is 2.79. The number of fused-ring (bicyclic) bond motifs is 1. The van der Waals surface area contributed by atoms with Crippen LogP contribution in [0.1, 0.15) is 41.7 Å². The predicted octanol–water partition coefficient (Wildman–Crippen LogP) is 3.30. The molecule has 1 aliphatic carbocycles. The third-order valence-corrected chi connectivity index (χ3v) is 4.37. The number of aryl methyl sites for hydroxylation is 1. The average Bonchev–Trinajstić information content (AvgIpc) is 2.53. The Labute approximate surface area is 126 Å². The Balaban J connectivity index is 1.87. The van der Waals surface area contributed by atoms with Crippen LogP contribution in [0, 0.1) is 0 Å². The zero-order valence-corrected chi connectivity index (χ0v) is 12.7. The number of aliphatic hydroxyl groups excluding tert-OH is 1. The van der Waals surface area contributed by atoms with Gasteiger partial charge in [0.25, 0.3) is 0 Å². The molecular formula is C18H22N2O. The minimum absolute atomic E-state index is 0.111. The van der Waals surface area contributed by atoms with Gasteiger partial charge in [-0.3, -0.25) is 4.98 Å². The SMILES string of the molecule is CN(C)c1ccc(C(O)C2CCCc3cccnc32)cc1. The smallest absolute Gasteiger partial charge is 0.0873 e. The van der Waals surface area contributed by atoms with Crippen molar-refractivity contribution in [3.63, 3.8) is 0 Å². The molecule has 0 amide bonds. The zero-order chi connectivity index (χ0) is 14.8. The maximum Gasteiger partial charge on any atom is 0.0873 e. The molecule has 0 saturated carbocycles. The second kappa shape index (κ2) is 5.86. The molecule has 2 aromatic rings. The lowest BCUT2D eigenvalue weighted by atomic mass is 9.81. The molecule has 1 N–H and O–H groups in total. The summed E-state index contributed by atoms with van der Waals surface area (Å²) >= 11 is 0. The first-order valence-corrected chi connectivity index (χ1v) is 7.56. The Bertz CT molecular complexity index is 607. The molecule has 0 fully saturated rings. The van der Waals surface area contributed by atoms with Crippen LogP contribution in [0.3, 0.4) is 0 Å². The van der Waals surface area contributed by atoms with Gasteiger partial charge in [0.05, 0.1) is 6.10 Å². The van der Waals surface area contributed by atoms with E-state index in [4.69, 9.17) is 0 Å². The highest BCUT2D eigenvalue weighted by molar-refractivity contribution is 5.46. The van der Waals surface area contributed by atoms with Crippen LogP contribution in [0.5, 0.6) is 0 Å². The highest BCUT2D eigenvalue weighted by Gasteiger charge is 2.28. The van der Waals surface area contributed by atoms with Crippen molar-refractivity contribution in [2.45, 2.75) is 31.3 Å². The minimum Gasteiger partial charge on any atom is -0.388 e. The third-order valence-electron chi connectivity index (χ3n) is 4.37. The predicted molar refractivity (Wildman–Crippen MR) is 85.6 cm³/mol. The number of pyridine rings is 1. The van der Waals surface area contributed by atoms with Gasteiger partial charge in [-0.2, -0.15) is 0 Å². The number of benzene rings is 1. The Morgan fingerprint density at radius 1 is 1.19 bits per heavy atom. The molecule has 2 unspecified atom stereocenters. The second-order valence-electron chi connectivity index (χ2n) is 5.98. The molecule has 3 rings (SSSR count). The summed E-state index contributed by atoms with van der Waals surface area (Å²) in [5, 5.41) is 10.8.